The van der Waals surface area contributed by atoms with E-state index in [1.165, 1.54) is 12.8 Å². The van der Waals surface area contributed by atoms with E-state index in [1.54, 1.807) is 18.5 Å². The maximum absolute atomic E-state index is 11.1. The Bertz CT molecular complexity index is 657. The van der Waals surface area contributed by atoms with E-state index in [4.69, 9.17) is 0 Å². The van der Waals surface area contributed by atoms with Crippen LogP contribution in [-0.4, -0.2) is 23.0 Å². The van der Waals surface area contributed by atoms with Crippen LogP contribution in [0.15, 0.2) is 30.6 Å². The summed E-state index contributed by atoms with van der Waals surface area (Å²) in [6.07, 6.45) is 5.71. The highest BCUT2D eigenvalue weighted by molar-refractivity contribution is 5.99. The summed E-state index contributed by atoms with van der Waals surface area (Å²) in [5, 5.41) is 12.7. The summed E-state index contributed by atoms with van der Waals surface area (Å²) in [6.45, 7) is 4.27. The number of hydrogen-bond acceptors (Lipinski definition) is 4. The number of fused-ring (bicyclic) bond motifs is 1. The second kappa shape index (κ2) is 5.07. The summed E-state index contributed by atoms with van der Waals surface area (Å²) in [5.41, 5.74) is 1.21. The Morgan fingerprint density at radius 1 is 1.35 bits per heavy atom. The lowest BCUT2D eigenvalue weighted by molar-refractivity contribution is -0.383. The second-order valence-corrected chi connectivity index (χ2v) is 5.48. The molecule has 1 atom stereocenters. The predicted molar refractivity (Wildman–Crippen MR) is 79.0 cm³/mol. The quantitative estimate of drug-likeness (QED) is 0.620. The van der Waals surface area contributed by atoms with E-state index in [-0.39, 0.29) is 10.6 Å². The van der Waals surface area contributed by atoms with Gasteiger partial charge in [-0.3, -0.25) is 15.1 Å². The number of aromatic nitrogens is 1. The third-order valence-corrected chi connectivity index (χ3v) is 3.97. The van der Waals surface area contributed by atoms with Gasteiger partial charge in [0.15, 0.2) is 0 Å². The lowest BCUT2D eigenvalue weighted by Gasteiger charge is -2.33. The number of nitro benzene ring substituents is 1. The monoisotopic (exact) mass is 271 g/mol. The van der Waals surface area contributed by atoms with Gasteiger partial charge in [-0.25, -0.2) is 0 Å². The lowest BCUT2D eigenvalue weighted by atomic mass is 9.98. The predicted octanol–water partition coefficient (Wildman–Crippen LogP) is 3.38. The van der Waals surface area contributed by atoms with Gasteiger partial charge < -0.3 is 4.90 Å². The average Bonchev–Trinajstić information content (AvgIpc) is 2.46. The van der Waals surface area contributed by atoms with E-state index >= 15 is 0 Å². The van der Waals surface area contributed by atoms with Crippen LogP contribution in [0.3, 0.4) is 0 Å². The Kier molecular flexibility index (Phi) is 3.26. The van der Waals surface area contributed by atoms with Gasteiger partial charge >= 0.3 is 0 Å². The number of nitrogens with zero attached hydrogens (tertiary/aromatic N) is 3. The normalized spacial score (nSPS) is 19.2. The first-order valence-corrected chi connectivity index (χ1v) is 6.93. The van der Waals surface area contributed by atoms with Crippen LogP contribution in [-0.2, 0) is 0 Å². The van der Waals surface area contributed by atoms with Gasteiger partial charge in [0, 0.05) is 42.6 Å². The van der Waals surface area contributed by atoms with Crippen molar-refractivity contribution >= 4 is 22.1 Å². The number of pyridine rings is 1. The van der Waals surface area contributed by atoms with Crippen LogP contribution in [0, 0.1) is 16.0 Å². The fraction of sp³-hybridized carbons (Fsp3) is 0.400. The molecule has 3 rings (SSSR count). The molecule has 2 aromatic rings. The number of piperidine rings is 1. The van der Waals surface area contributed by atoms with Crippen LogP contribution in [0.5, 0.6) is 0 Å². The summed E-state index contributed by atoms with van der Waals surface area (Å²) < 4.78 is 0. The largest absolute Gasteiger partial charge is 0.371 e. The third kappa shape index (κ3) is 2.19. The van der Waals surface area contributed by atoms with Crippen molar-refractivity contribution in [2.75, 3.05) is 18.0 Å². The fourth-order valence-electron chi connectivity index (χ4n) is 3.00. The summed E-state index contributed by atoms with van der Waals surface area (Å²) in [7, 11) is 0. The molecule has 0 amide bonds. The minimum absolute atomic E-state index is 0.127. The summed E-state index contributed by atoms with van der Waals surface area (Å²) in [4.78, 5) is 17.1. The molecule has 1 aliphatic rings. The van der Waals surface area contributed by atoms with Crippen molar-refractivity contribution in [1.82, 2.24) is 4.98 Å². The molecule has 1 aliphatic heterocycles. The Morgan fingerprint density at radius 3 is 2.95 bits per heavy atom. The molecule has 5 nitrogen and oxygen atoms in total. The maximum atomic E-state index is 11.1. The summed E-state index contributed by atoms with van der Waals surface area (Å²) in [6, 6.07) is 5.34. The molecule has 0 N–H and O–H groups in total. The third-order valence-electron chi connectivity index (χ3n) is 3.97. The SMILES string of the molecule is C[C@H]1CCCN(c2ccc([N+](=O)[O-])c3cnccc23)C1. The first-order chi connectivity index (χ1) is 9.66. The van der Waals surface area contributed by atoms with Gasteiger partial charge in [-0.15, -0.1) is 0 Å². The molecule has 1 fully saturated rings. The zero-order valence-electron chi connectivity index (χ0n) is 11.5. The van der Waals surface area contributed by atoms with Gasteiger partial charge in [-0.1, -0.05) is 6.92 Å². The fourth-order valence-corrected chi connectivity index (χ4v) is 3.00. The Morgan fingerprint density at radius 2 is 2.20 bits per heavy atom. The Hall–Kier alpha value is -2.17. The van der Waals surface area contributed by atoms with Crippen molar-refractivity contribution in [3.05, 3.63) is 40.7 Å². The molecular formula is C15H17N3O2. The summed E-state index contributed by atoms with van der Waals surface area (Å²) >= 11 is 0. The van der Waals surface area contributed by atoms with Crippen molar-refractivity contribution in [2.24, 2.45) is 5.92 Å². The molecule has 0 radical (unpaired) electrons. The number of rotatable bonds is 2. The molecule has 1 saturated heterocycles. The lowest BCUT2D eigenvalue weighted by Crippen LogP contribution is -2.34. The maximum Gasteiger partial charge on any atom is 0.278 e. The summed E-state index contributed by atoms with van der Waals surface area (Å²) in [5.74, 6) is 0.663. The molecule has 0 unspecified atom stereocenters. The number of nitro groups is 1. The van der Waals surface area contributed by atoms with Crippen molar-refractivity contribution in [3.63, 3.8) is 0 Å². The van der Waals surface area contributed by atoms with E-state index in [1.807, 2.05) is 12.1 Å². The van der Waals surface area contributed by atoms with E-state index in [9.17, 15) is 10.1 Å². The first-order valence-electron chi connectivity index (χ1n) is 6.93. The van der Waals surface area contributed by atoms with Crippen LogP contribution >= 0.6 is 0 Å². The van der Waals surface area contributed by atoms with Crippen molar-refractivity contribution in [3.8, 4) is 0 Å². The first kappa shape index (κ1) is 12.8. The highest BCUT2D eigenvalue weighted by Crippen LogP contribution is 2.34. The second-order valence-electron chi connectivity index (χ2n) is 5.48. The van der Waals surface area contributed by atoms with Crippen LogP contribution < -0.4 is 4.90 Å². The minimum atomic E-state index is -0.341. The van der Waals surface area contributed by atoms with E-state index in [0.717, 1.165) is 24.2 Å². The molecule has 1 aromatic carbocycles. The average molecular weight is 271 g/mol. The van der Waals surface area contributed by atoms with Gasteiger partial charge in [-0.05, 0) is 30.9 Å². The smallest absolute Gasteiger partial charge is 0.278 e. The molecule has 2 heterocycles. The van der Waals surface area contributed by atoms with E-state index < -0.39 is 0 Å². The topological polar surface area (TPSA) is 59.3 Å². The Balaban J connectivity index is 2.12. The molecule has 20 heavy (non-hydrogen) atoms. The van der Waals surface area contributed by atoms with Crippen LogP contribution in [0.4, 0.5) is 11.4 Å². The van der Waals surface area contributed by atoms with Gasteiger partial charge in [0.1, 0.15) is 0 Å². The van der Waals surface area contributed by atoms with Gasteiger partial charge in [0.2, 0.25) is 0 Å². The van der Waals surface area contributed by atoms with Gasteiger partial charge in [-0.2, -0.15) is 0 Å². The number of anilines is 1. The van der Waals surface area contributed by atoms with Crippen LogP contribution in [0.25, 0.3) is 10.8 Å². The standard InChI is InChI=1S/C15H17N3O2/c1-11-3-2-8-17(10-11)14-4-5-15(18(19)20)13-9-16-7-6-12(13)14/h4-7,9,11H,2-3,8,10H2,1H3/t11-/m0/s1. The van der Waals surface area contributed by atoms with Crippen molar-refractivity contribution in [2.45, 2.75) is 19.8 Å². The van der Waals surface area contributed by atoms with Gasteiger partial charge in [0.25, 0.3) is 5.69 Å². The minimum Gasteiger partial charge on any atom is -0.371 e. The van der Waals surface area contributed by atoms with Crippen LogP contribution in [0.1, 0.15) is 19.8 Å². The van der Waals surface area contributed by atoms with E-state index in [2.05, 4.69) is 16.8 Å². The van der Waals surface area contributed by atoms with Gasteiger partial charge in [0.05, 0.1) is 10.3 Å². The van der Waals surface area contributed by atoms with Crippen molar-refractivity contribution in [1.29, 1.82) is 0 Å². The zero-order valence-corrected chi connectivity index (χ0v) is 11.5. The molecule has 5 heteroatoms. The molecule has 1 aromatic heterocycles. The molecule has 0 aliphatic carbocycles. The molecular weight excluding hydrogens is 254 g/mol. The molecule has 104 valence electrons. The number of hydrogen-bond donors (Lipinski definition) is 0. The van der Waals surface area contributed by atoms with Crippen molar-refractivity contribution < 1.29 is 4.92 Å². The molecule has 0 saturated carbocycles. The number of benzene rings is 1. The molecule has 0 bridgehead atoms. The number of non-ortho nitro benzene ring substituents is 1. The van der Waals surface area contributed by atoms with Crippen LogP contribution in [0.2, 0.25) is 0 Å². The highest BCUT2D eigenvalue weighted by atomic mass is 16.6. The zero-order chi connectivity index (χ0) is 14.1. The highest BCUT2D eigenvalue weighted by Gasteiger charge is 2.21. The molecule has 0 spiro atoms. The van der Waals surface area contributed by atoms with E-state index in [0.29, 0.717) is 11.3 Å². The Labute approximate surface area is 117 Å².